The van der Waals surface area contributed by atoms with Crippen LogP contribution in [0, 0.1) is 11.8 Å². The van der Waals surface area contributed by atoms with E-state index in [0.29, 0.717) is 4.88 Å². The van der Waals surface area contributed by atoms with Gasteiger partial charge in [0.15, 0.2) is 0 Å². The van der Waals surface area contributed by atoms with E-state index in [-0.39, 0.29) is 18.1 Å². The lowest BCUT2D eigenvalue weighted by molar-refractivity contribution is 0.0912. The zero-order valence-electron chi connectivity index (χ0n) is 10.5. The summed E-state index contributed by atoms with van der Waals surface area (Å²) in [7, 11) is 0. The van der Waals surface area contributed by atoms with Crippen LogP contribution in [-0.2, 0) is 0 Å². The topological polar surface area (TPSA) is 49.3 Å². The van der Waals surface area contributed by atoms with Crippen molar-refractivity contribution in [1.29, 1.82) is 0 Å². The van der Waals surface area contributed by atoms with Crippen LogP contribution in [0.1, 0.15) is 47.2 Å². The number of hydrogen-bond donors (Lipinski definition) is 2. The van der Waals surface area contributed by atoms with Crippen molar-refractivity contribution in [2.24, 2.45) is 0 Å². The van der Waals surface area contributed by atoms with Gasteiger partial charge in [0.1, 0.15) is 6.61 Å². The predicted molar refractivity (Wildman–Crippen MR) is 72.6 cm³/mol. The van der Waals surface area contributed by atoms with Crippen molar-refractivity contribution in [3.8, 4) is 11.8 Å². The molecule has 0 aromatic carbocycles. The molecule has 0 bridgehead atoms. The molecule has 0 spiro atoms. The summed E-state index contributed by atoms with van der Waals surface area (Å²) in [6, 6.07) is 3.61. The molecule has 1 amide bonds. The van der Waals surface area contributed by atoms with E-state index in [4.69, 9.17) is 5.11 Å². The average molecular weight is 263 g/mol. The van der Waals surface area contributed by atoms with E-state index >= 15 is 0 Å². The number of amides is 1. The third-order valence-corrected chi connectivity index (χ3v) is 4.24. The SMILES string of the molecule is CC1(NC(=O)c2ccc(C#CCO)s2)CCCC1. The summed E-state index contributed by atoms with van der Waals surface area (Å²) >= 11 is 1.37. The highest BCUT2D eigenvalue weighted by molar-refractivity contribution is 7.14. The van der Waals surface area contributed by atoms with Crippen molar-refractivity contribution in [3.63, 3.8) is 0 Å². The largest absolute Gasteiger partial charge is 0.384 e. The highest BCUT2D eigenvalue weighted by Crippen LogP contribution is 2.29. The maximum atomic E-state index is 12.1. The van der Waals surface area contributed by atoms with Gasteiger partial charge in [0.2, 0.25) is 0 Å². The zero-order valence-corrected chi connectivity index (χ0v) is 11.3. The van der Waals surface area contributed by atoms with Crippen molar-refractivity contribution < 1.29 is 9.90 Å². The summed E-state index contributed by atoms with van der Waals surface area (Å²) in [5, 5.41) is 11.7. The van der Waals surface area contributed by atoms with Gasteiger partial charge in [-0.25, -0.2) is 0 Å². The molecule has 0 aliphatic heterocycles. The highest BCUT2D eigenvalue weighted by atomic mass is 32.1. The van der Waals surface area contributed by atoms with E-state index in [1.165, 1.54) is 24.2 Å². The van der Waals surface area contributed by atoms with Gasteiger partial charge in [0, 0.05) is 5.54 Å². The fraction of sp³-hybridized carbons (Fsp3) is 0.500. The molecule has 0 atom stereocenters. The van der Waals surface area contributed by atoms with Gasteiger partial charge in [-0.05, 0) is 31.9 Å². The average Bonchev–Trinajstić information content (AvgIpc) is 2.95. The normalized spacial score (nSPS) is 17.0. The van der Waals surface area contributed by atoms with Gasteiger partial charge >= 0.3 is 0 Å². The summed E-state index contributed by atoms with van der Waals surface area (Å²) in [4.78, 5) is 13.6. The molecule has 3 nitrogen and oxygen atoms in total. The quantitative estimate of drug-likeness (QED) is 0.803. The standard InChI is InChI=1S/C14H17NO2S/c1-14(8-2-3-9-14)15-13(17)12-7-6-11(18-12)5-4-10-16/h6-7,16H,2-3,8-10H2,1H3,(H,15,17). The number of thiophene rings is 1. The molecule has 1 saturated carbocycles. The summed E-state index contributed by atoms with van der Waals surface area (Å²) in [5.74, 6) is 5.38. The smallest absolute Gasteiger partial charge is 0.261 e. The lowest BCUT2D eigenvalue weighted by Crippen LogP contribution is -2.43. The van der Waals surface area contributed by atoms with Gasteiger partial charge in [0.25, 0.3) is 5.91 Å². The molecular weight excluding hydrogens is 246 g/mol. The van der Waals surface area contributed by atoms with Gasteiger partial charge in [-0.3, -0.25) is 4.79 Å². The zero-order chi connectivity index (χ0) is 13.0. The molecule has 1 aliphatic rings. The maximum Gasteiger partial charge on any atom is 0.261 e. The summed E-state index contributed by atoms with van der Waals surface area (Å²) in [6.07, 6.45) is 4.49. The van der Waals surface area contributed by atoms with Gasteiger partial charge < -0.3 is 10.4 Å². The molecule has 96 valence electrons. The minimum Gasteiger partial charge on any atom is -0.384 e. The second kappa shape index (κ2) is 5.55. The summed E-state index contributed by atoms with van der Waals surface area (Å²) in [6.45, 7) is 1.95. The Bertz CT molecular complexity index is 489. The van der Waals surface area contributed by atoms with Crippen molar-refractivity contribution in [3.05, 3.63) is 21.9 Å². The van der Waals surface area contributed by atoms with E-state index < -0.39 is 0 Å². The van der Waals surface area contributed by atoms with Crippen LogP contribution in [0.5, 0.6) is 0 Å². The molecule has 1 aliphatic carbocycles. The summed E-state index contributed by atoms with van der Waals surface area (Å²) in [5.41, 5.74) is -0.0436. The van der Waals surface area contributed by atoms with E-state index in [9.17, 15) is 4.79 Å². The minimum atomic E-state index is -0.155. The molecule has 0 unspecified atom stereocenters. The molecular formula is C14H17NO2S. The Hall–Kier alpha value is -1.31. The monoisotopic (exact) mass is 263 g/mol. The van der Waals surface area contributed by atoms with Crippen LogP contribution in [0.4, 0.5) is 0 Å². The van der Waals surface area contributed by atoms with Crippen LogP contribution in [-0.4, -0.2) is 23.2 Å². The van der Waals surface area contributed by atoms with E-state index in [1.807, 2.05) is 6.07 Å². The number of carbonyl (C=O) groups is 1. The predicted octanol–water partition coefficient (Wildman–Crippen LogP) is 2.15. The number of hydrogen-bond acceptors (Lipinski definition) is 3. The molecule has 18 heavy (non-hydrogen) atoms. The van der Waals surface area contributed by atoms with Crippen LogP contribution >= 0.6 is 11.3 Å². The van der Waals surface area contributed by atoms with Crippen LogP contribution in [0.2, 0.25) is 0 Å². The minimum absolute atomic E-state index is 0.0125. The molecule has 2 rings (SSSR count). The Morgan fingerprint density at radius 1 is 1.50 bits per heavy atom. The Morgan fingerprint density at radius 3 is 2.89 bits per heavy atom. The van der Waals surface area contributed by atoms with E-state index in [2.05, 4.69) is 24.1 Å². The fourth-order valence-electron chi connectivity index (χ4n) is 2.27. The van der Waals surface area contributed by atoms with E-state index in [0.717, 1.165) is 17.7 Å². The first kappa shape index (κ1) is 13.1. The van der Waals surface area contributed by atoms with Gasteiger partial charge in [-0.15, -0.1) is 11.3 Å². The molecule has 4 heteroatoms. The Balaban J connectivity index is 2.02. The lowest BCUT2D eigenvalue weighted by Gasteiger charge is -2.24. The molecule has 0 saturated heterocycles. The van der Waals surface area contributed by atoms with Crippen molar-refractivity contribution in [2.75, 3.05) is 6.61 Å². The van der Waals surface area contributed by atoms with Crippen LogP contribution < -0.4 is 5.32 Å². The van der Waals surface area contributed by atoms with Gasteiger partial charge in [-0.2, -0.15) is 0 Å². The Kier molecular flexibility index (Phi) is 4.05. The number of aliphatic hydroxyl groups excluding tert-OH is 1. The third kappa shape index (κ3) is 3.12. The fourth-order valence-corrected chi connectivity index (χ4v) is 3.05. The van der Waals surface area contributed by atoms with Crippen LogP contribution in [0.3, 0.4) is 0 Å². The van der Waals surface area contributed by atoms with Gasteiger partial charge in [-0.1, -0.05) is 24.7 Å². The first-order valence-corrected chi connectivity index (χ1v) is 6.97. The molecule has 1 aromatic heterocycles. The first-order chi connectivity index (χ1) is 8.63. The number of aliphatic hydroxyl groups is 1. The van der Waals surface area contributed by atoms with E-state index in [1.54, 1.807) is 6.07 Å². The van der Waals surface area contributed by atoms with Crippen molar-refractivity contribution >= 4 is 17.2 Å². The molecule has 1 fully saturated rings. The summed E-state index contributed by atoms with van der Waals surface area (Å²) < 4.78 is 0. The molecule has 2 N–H and O–H groups in total. The molecule has 1 aromatic rings. The second-order valence-corrected chi connectivity index (χ2v) is 5.93. The highest BCUT2D eigenvalue weighted by Gasteiger charge is 2.30. The maximum absolute atomic E-state index is 12.1. The van der Waals surface area contributed by atoms with Gasteiger partial charge in [0.05, 0.1) is 9.75 Å². The third-order valence-electron chi connectivity index (χ3n) is 3.24. The van der Waals surface area contributed by atoms with Crippen molar-refractivity contribution in [1.82, 2.24) is 5.32 Å². The Morgan fingerprint density at radius 2 is 2.22 bits per heavy atom. The number of rotatable bonds is 2. The lowest BCUT2D eigenvalue weighted by atomic mass is 10.0. The first-order valence-electron chi connectivity index (χ1n) is 6.15. The van der Waals surface area contributed by atoms with Crippen LogP contribution in [0.25, 0.3) is 0 Å². The molecule has 1 heterocycles. The second-order valence-electron chi connectivity index (χ2n) is 4.85. The number of carbonyl (C=O) groups excluding carboxylic acids is 1. The number of nitrogens with one attached hydrogen (secondary N) is 1. The molecule has 0 radical (unpaired) electrons. The van der Waals surface area contributed by atoms with Crippen molar-refractivity contribution in [2.45, 2.75) is 38.1 Å². The Labute approximate surface area is 111 Å². The van der Waals surface area contributed by atoms with Crippen LogP contribution in [0.15, 0.2) is 12.1 Å².